The van der Waals surface area contributed by atoms with Gasteiger partial charge in [0, 0.05) is 17.0 Å². The number of allylic oxidation sites excluding steroid dienone is 2. The van der Waals surface area contributed by atoms with Crippen LogP contribution in [0.3, 0.4) is 0 Å². The lowest BCUT2D eigenvalue weighted by molar-refractivity contribution is 0.0790. The van der Waals surface area contributed by atoms with E-state index in [-0.39, 0.29) is 50.6 Å². The summed E-state index contributed by atoms with van der Waals surface area (Å²) in [6.07, 6.45) is 1.72. The number of methoxy groups -OCH3 is 1. The fourth-order valence-corrected chi connectivity index (χ4v) is 6.43. The number of hydrogen-bond donors (Lipinski definition) is 6. The highest BCUT2D eigenvalue weighted by Crippen LogP contribution is 2.58. The van der Waals surface area contributed by atoms with Gasteiger partial charge in [0.05, 0.1) is 51.7 Å². The molecule has 1 aromatic heterocycles. The second kappa shape index (κ2) is 8.96. The van der Waals surface area contributed by atoms with Crippen molar-refractivity contribution in [2.75, 3.05) is 7.11 Å². The van der Waals surface area contributed by atoms with Crippen LogP contribution >= 0.6 is 23.8 Å². The van der Waals surface area contributed by atoms with Crippen molar-refractivity contribution in [1.82, 2.24) is 10.4 Å². The number of carbonyl (C=O) groups is 4. The molecular weight excluding hydrogens is 592 g/mol. The summed E-state index contributed by atoms with van der Waals surface area (Å²) in [6.45, 7) is 0. The van der Waals surface area contributed by atoms with Crippen molar-refractivity contribution in [3.05, 3.63) is 72.4 Å². The van der Waals surface area contributed by atoms with Gasteiger partial charge in [-0.15, -0.1) is 0 Å². The fourth-order valence-electron chi connectivity index (χ4n) is 6.04. The highest BCUT2D eigenvalue weighted by atomic mass is 35.5. The van der Waals surface area contributed by atoms with Crippen molar-refractivity contribution in [2.45, 2.75) is 18.3 Å². The normalized spacial score (nSPS) is 19.0. The number of hydrazone groups is 1. The number of Topliss-reactive ketones (excluding diaryl/α,β-unsaturated/α-hetero) is 3. The third-order valence-corrected chi connectivity index (χ3v) is 8.27. The van der Waals surface area contributed by atoms with E-state index in [1.807, 2.05) is 0 Å². The van der Waals surface area contributed by atoms with E-state index in [1.165, 1.54) is 12.3 Å². The highest BCUT2D eigenvalue weighted by molar-refractivity contribution is 7.80. The van der Waals surface area contributed by atoms with Crippen LogP contribution in [0.25, 0.3) is 10.8 Å². The summed E-state index contributed by atoms with van der Waals surface area (Å²) in [5, 5.41) is 37.0. The number of phenols is 3. The van der Waals surface area contributed by atoms with Gasteiger partial charge in [-0.05, 0) is 36.7 Å². The third kappa shape index (κ3) is 3.27. The largest absolute Gasteiger partial charge is 0.507 e. The molecule has 15 heteroatoms. The maximum Gasteiger partial charge on any atom is 0.260 e. The van der Waals surface area contributed by atoms with Gasteiger partial charge in [-0.2, -0.15) is 5.10 Å². The molecular formula is C27H17ClN4O9S. The van der Waals surface area contributed by atoms with Gasteiger partial charge >= 0.3 is 0 Å². The molecule has 2 aromatic carbocycles. The number of fused-ring (bicyclic) bond motifs is 5. The highest BCUT2D eigenvalue weighted by Gasteiger charge is 2.62. The SMILES string of the molecule is COC1=CC(=O)c2c(O)c3c(c(O)c2C1=O)C(=O)[C@]1(CCc2c1c(O)c1c(=O)[nH]c(C=NNC(N)=S)cc1c2Cl)C3=O. The van der Waals surface area contributed by atoms with Crippen LogP contribution < -0.4 is 16.7 Å². The van der Waals surface area contributed by atoms with Gasteiger partial charge in [-0.1, -0.05) is 11.6 Å². The number of phenolic OH excluding ortho intramolecular Hbond substituents is 3. The maximum absolute atomic E-state index is 14.1. The summed E-state index contributed by atoms with van der Waals surface area (Å²) in [7, 11) is 1.12. The minimum absolute atomic E-state index is 0.0170. The first-order valence-electron chi connectivity index (χ1n) is 12.1. The van der Waals surface area contributed by atoms with Crippen molar-refractivity contribution in [1.29, 1.82) is 0 Å². The Labute approximate surface area is 244 Å². The number of rotatable bonds is 3. The number of pyridine rings is 1. The number of aromatic amines is 1. The molecule has 3 aromatic rings. The van der Waals surface area contributed by atoms with Gasteiger partial charge in [0.2, 0.25) is 5.78 Å². The zero-order chi connectivity index (χ0) is 30.4. The fraction of sp³-hybridized carbons (Fsp3) is 0.148. The number of aromatic hydroxyl groups is 3. The lowest BCUT2D eigenvalue weighted by Crippen LogP contribution is -2.36. The molecule has 0 bridgehead atoms. The van der Waals surface area contributed by atoms with E-state index < -0.39 is 79.4 Å². The summed E-state index contributed by atoms with van der Waals surface area (Å²) >= 11 is 11.4. The monoisotopic (exact) mass is 608 g/mol. The molecule has 0 saturated carbocycles. The third-order valence-electron chi connectivity index (χ3n) is 7.74. The number of thiocarbonyl (C=S) groups is 1. The van der Waals surface area contributed by atoms with E-state index in [0.29, 0.717) is 0 Å². The summed E-state index contributed by atoms with van der Waals surface area (Å²) < 4.78 is 4.90. The Kier molecular flexibility index (Phi) is 5.78. The van der Waals surface area contributed by atoms with E-state index in [4.69, 9.17) is 22.1 Å². The number of H-pyrrole nitrogens is 1. The molecule has 0 unspecified atom stereocenters. The molecule has 0 radical (unpaired) electrons. The van der Waals surface area contributed by atoms with Crippen LogP contribution in [0.15, 0.2) is 27.8 Å². The van der Waals surface area contributed by atoms with Crippen molar-refractivity contribution in [2.24, 2.45) is 10.8 Å². The van der Waals surface area contributed by atoms with Crippen molar-refractivity contribution < 1.29 is 39.2 Å². The summed E-state index contributed by atoms with van der Waals surface area (Å²) in [5.41, 5.74) is 1.96. The van der Waals surface area contributed by atoms with Crippen LogP contribution in [0.2, 0.25) is 5.02 Å². The molecule has 0 fully saturated rings. The molecule has 0 saturated heterocycles. The predicted octanol–water partition coefficient (Wildman–Crippen LogP) is 1.64. The first-order valence-corrected chi connectivity index (χ1v) is 12.9. The number of nitrogens with two attached hydrogens (primary N) is 1. The standard InChI is InChI=1S/C27H17ClN4O9S/c1-41-11-5-10(33)13-14(19(11)34)21(36)16-15(20(13)35)23(38)27(24(16)39)3-2-8-17(27)22(37)12-9(18(8)28)4-7(31-25(12)40)6-30-32-26(29)42/h4-6,35-37H,2-3H2,1H3,(H,31,40)(H3,29,32,42)/t27-/m0/s1. The van der Waals surface area contributed by atoms with E-state index in [0.717, 1.165) is 13.2 Å². The Morgan fingerprint density at radius 3 is 2.36 bits per heavy atom. The average molecular weight is 609 g/mol. The quantitative estimate of drug-likeness (QED) is 0.0821. The number of ketones is 4. The molecule has 1 heterocycles. The zero-order valence-corrected chi connectivity index (χ0v) is 22.8. The van der Waals surface area contributed by atoms with E-state index in [1.54, 1.807) is 0 Å². The molecule has 0 aliphatic heterocycles. The van der Waals surface area contributed by atoms with Gasteiger partial charge in [0.15, 0.2) is 28.2 Å². The molecule has 212 valence electrons. The number of ether oxygens (including phenoxy) is 1. The summed E-state index contributed by atoms with van der Waals surface area (Å²) in [5.74, 6) is -7.10. The van der Waals surface area contributed by atoms with Crippen LogP contribution in [0, 0.1) is 0 Å². The smallest absolute Gasteiger partial charge is 0.260 e. The van der Waals surface area contributed by atoms with Crippen LogP contribution in [0.5, 0.6) is 17.2 Å². The van der Waals surface area contributed by atoms with E-state index in [2.05, 4.69) is 27.7 Å². The van der Waals surface area contributed by atoms with E-state index >= 15 is 0 Å². The Bertz CT molecular complexity index is 2030. The molecule has 1 atom stereocenters. The number of hydrogen-bond acceptors (Lipinski definition) is 11. The second-order valence-corrected chi connectivity index (χ2v) is 10.6. The average Bonchev–Trinajstić information content (AvgIpc) is 3.44. The number of aromatic nitrogens is 1. The molecule has 6 rings (SSSR count). The Morgan fingerprint density at radius 2 is 1.74 bits per heavy atom. The van der Waals surface area contributed by atoms with Gasteiger partial charge in [0.25, 0.3) is 5.56 Å². The number of nitrogens with one attached hydrogen (secondary N) is 2. The molecule has 42 heavy (non-hydrogen) atoms. The number of benzene rings is 2. The van der Waals surface area contributed by atoms with Gasteiger partial charge in [0.1, 0.15) is 22.7 Å². The first kappa shape index (κ1) is 27.1. The number of halogens is 1. The van der Waals surface area contributed by atoms with Gasteiger partial charge < -0.3 is 30.8 Å². The second-order valence-electron chi connectivity index (χ2n) is 9.76. The minimum atomic E-state index is -2.21. The molecule has 3 aliphatic carbocycles. The predicted molar refractivity (Wildman–Crippen MR) is 151 cm³/mol. The lowest BCUT2D eigenvalue weighted by Gasteiger charge is -2.23. The maximum atomic E-state index is 14.1. The first-order chi connectivity index (χ1) is 19.9. The Morgan fingerprint density at radius 1 is 1.10 bits per heavy atom. The van der Waals surface area contributed by atoms with Gasteiger partial charge in [-0.3, -0.25) is 29.4 Å². The van der Waals surface area contributed by atoms with Crippen LogP contribution in [0.4, 0.5) is 0 Å². The topological polar surface area (TPSA) is 221 Å². The van der Waals surface area contributed by atoms with Crippen molar-refractivity contribution >= 4 is 69.1 Å². The molecule has 13 nitrogen and oxygen atoms in total. The van der Waals surface area contributed by atoms with Gasteiger partial charge in [-0.25, -0.2) is 0 Å². The minimum Gasteiger partial charge on any atom is -0.507 e. The molecule has 3 aliphatic rings. The van der Waals surface area contributed by atoms with Crippen molar-refractivity contribution in [3.8, 4) is 17.2 Å². The summed E-state index contributed by atoms with van der Waals surface area (Å²) in [4.78, 5) is 69.5. The number of nitrogens with zero attached hydrogens (tertiary/aromatic N) is 1. The van der Waals surface area contributed by atoms with Crippen LogP contribution in [-0.2, 0) is 16.6 Å². The summed E-state index contributed by atoms with van der Waals surface area (Å²) in [6, 6.07) is 1.41. The van der Waals surface area contributed by atoms with E-state index in [9.17, 15) is 39.3 Å². The lowest BCUT2D eigenvalue weighted by atomic mass is 9.76. The Hall–Kier alpha value is -5.08. The van der Waals surface area contributed by atoms with Crippen LogP contribution in [0.1, 0.15) is 64.7 Å². The van der Waals surface area contributed by atoms with Crippen LogP contribution in [-0.4, -0.2) is 61.9 Å². The zero-order valence-electron chi connectivity index (χ0n) is 21.2. The molecule has 7 N–H and O–H groups in total. The number of carbonyl (C=O) groups excluding carboxylic acids is 4. The Balaban J connectivity index is 1.59. The molecule has 1 spiro atoms. The van der Waals surface area contributed by atoms with Crippen molar-refractivity contribution in [3.63, 3.8) is 0 Å². The molecule has 0 amide bonds.